The number of hydrogen-bond acceptors (Lipinski definition) is 4. The molecule has 22 heavy (non-hydrogen) atoms. The smallest absolute Gasteiger partial charge is 0.226 e. The third-order valence-electron chi connectivity index (χ3n) is 3.99. The third kappa shape index (κ3) is 2.55. The molecule has 4 nitrogen and oxygen atoms in total. The lowest BCUT2D eigenvalue weighted by molar-refractivity contribution is 0.759. The largest absolute Gasteiger partial charge is 0.351 e. The number of fused-ring (bicyclic) bond motifs is 1. The van der Waals surface area contributed by atoms with Crippen LogP contribution in [0.25, 0.3) is 11.4 Å². The Hall–Kier alpha value is -2.75. The van der Waals surface area contributed by atoms with Crippen molar-refractivity contribution in [2.24, 2.45) is 0 Å². The lowest BCUT2D eigenvalue weighted by Gasteiger charge is -2.12. The SMILES string of the molecule is c1ccc(-c2ncnc(NC3Cc4ccccc4C3)n2)cc1. The quantitative estimate of drug-likeness (QED) is 0.804. The second-order valence-corrected chi connectivity index (χ2v) is 5.52. The predicted octanol–water partition coefficient (Wildman–Crippen LogP) is 3.12. The van der Waals surface area contributed by atoms with Crippen LogP contribution in [0.2, 0.25) is 0 Å². The van der Waals surface area contributed by atoms with E-state index in [4.69, 9.17) is 0 Å². The van der Waals surface area contributed by atoms with Gasteiger partial charge in [0.05, 0.1) is 0 Å². The number of anilines is 1. The number of benzene rings is 2. The van der Waals surface area contributed by atoms with Crippen molar-refractivity contribution in [1.82, 2.24) is 15.0 Å². The Bertz CT molecular complexity index is 761. The Kier molecular flexibility index (Phi) is 3.27. The molecular formula is C18H16N4. The summed E-state index contributed by atoms with van der Waals surface area (Å²) >= 11 is 0. The third-order valence-corrected chi connectivity index (χ3v) is 3.99. The van der Waals surface area contributed by atoms with Crippen LogP contribution in [0, 0.1) is 0 Å². The summed E-state index contributed by atoms with van der Waals surface area (Å²) in [4.78, 5) is 13.1. The van der Waals surface area contributed by atoms with Gasteiger partial charge in [-0.2, -0.15) is 4.98 Å². The van der Waals surface area contributed by atoms with Crippen LogP contribution in [0.15, 0.2) is 60.9 Å². The predicted molar refractivity (Wildman–Crippen MR) is 86.5 cm³/mol. The van der Waals surface area contributed by atoms with Gasteiger partial charge in [0.25, 0.3) is 0 Å². The first-order valence-electron chi connectivity index (χ1n) is 7.46. The highest BCUT2D eigenvalue weighted by Crippen LogP contribution is 2.24. The van der Waals surface area contributed by atoms with E-state index in [0.29, 0.717) is 17.8 Å². The summed E-state index contributed by atoms with van der Waals surface area (Å²) in [6.07, 6.45) is 3.60. The summed E-state index contributed by atoms with van der Waals surface area (Å²) in [5.74, 6) is 1.35. The molecule has 1 aliphatic rings. The van der Waals surface area contributed by atoms with Crippen LogP contribution in [0.3, 0.4) is 0 Å². The molecule has 0 spiro atoms. The van der Waals surface area contributed by atoms with Crippen LogP contribution in [0.1, 0.15) is 11.1 Å². The molecule has 0 radical (unpaired) electrons. The average molecular weight is 288 g/mol. The van der Waals surface area contributed by atoms with Gasteiger partial charge in [0.1, 0.15) is 6.33 Å². The molecule has 0 atom stereocenters. The molecule has 0 saturated heterocycles. The molecule has 2 aromatic carbocycles. The molecule has 0 fully saturated rings. The van der Waals surface area contributed by atoms with Crippen molar-refractivity contribution in [2.75, 3.05) is 5.32 Å². The normalized spacial score (nSPS) is 13.8. The summed E-state index contributed by atoms with van der Waals surface area (Å²) < 4.78 is 0. The van der Waals surface area contributed by atoms with Crippen LogP contribution in [-0.4, -0.2) is 21.0 Å². The Morgan fingerprint density at radius 2 is 1.50 bits per heavy atom. The molecule has 0 aliphatic heterocycles. The molecule has 108 valence electrons. The van der Waals surface area contributed by atoms with Gasteiger partial charge in [-0.1, -0.05) is 54.6 Å². The minimum Gasteiger partial charge on any atom is -0.351 e. The zero-order valence-electron chi connectivity index (χ0n) is 12.1. The van der Waals surface area contributed by atoms with Gasteiger partial charge in [-0.25, -0.2) is 9.97 Å². The van der Waals surface area contributed by atoms with E-state index in [1.54, 1.807) is 6.33 Å². The molecule has 3 aromatic rings. The van der Waals surface area contributed by atoms with E-state index in [1.807, 2.05) is 30.3 Å². The number of nitrogens with one attached hydrogen (secondary N) is 1. The van der Waals surface area contributed by atoms with Crippen molar-refractivity contribution >= 4 is 5.95 Å². The van der Waals surface area contributed by atoms with Gasteiger partial charge in [0, 0.05) is 11.6 Å². The average Bonchev–Trinajstić information content (AvgIpc) is 2.98. The van der Waals surface area contributed by atoms with E-state index >= 15 is 0 Å². The van der Waals surface area contributed by atoms with Crippen LogP contribution in [0.4, 0.5) is 5.95 Å². The maximum Gasteiger partial charge on any atom is 0.226 e. The van der Waals surface area contributed by atoms with E-state index in [2.05, 4.69) is 44.5 Å². The van der Waals surface area contributed by atoms with Crippen LogP contribution in [-0.2, 0) is 12.8 Å². The van der Waals surface area contributed by atoms with Crippen LogP contribution < -0.4 is 5.32 Å². The monoisotopic (exact) mass is 288 g/mol. The maximum absolute atomic E-state index is 4.54. The lowest BCUT2D eigenvalue weighted by atomic mass is 10.1. The van der Waals surface area contributed by atoms with Crippen molar-refractivity contribution in [1.29, 1.82) is 0 Å². The Balaban J connectivity index is 1.53. The molecule has 0 bridgehead atoms. The topological polar surface area (TPSA) is 50.7 Å². The molecule has 4 rings (SSSR count). The van der Waals surface area contributed by atoms with E-state index in [1.165, 1.54) is 11.1 Å². The van der Waals surface area contributed by atoms with Crippen molar-refractivity contribution in [3.05, 3.63) is 72.1 Å². The van der Waals surface area contributed by atoms with E-state index < -0.39 is 0 Å². The van der Waals surface area contributed by atoms with Crippen molar-refractivity contribution in [3.63, 3.8) is 0 Å². The van der Waals surface area contributed by atoms with E-state index in [-0.39, 0.29) is 0 Å². The van der Waals surface area contributed by atoms with Gasteiger partial charge in [-0.05, 0) is 24.0 Å². The fraction of sp³-hybridized carbons (Fsp3) is 0.167. The molecule has 1 heterocycles. The van der Waals surface area contributed by atoms with Crippen molar-refractivity contribution in [2.45, 2.75) is 18.9 Å². The molecule has 4 heteroatoms. The second-order valence-electron chi connectivity index (χ2n) is 5.52. The van der Waals surface area contributed by atoms with Gasteiger partial charge in [-0.3, -0.25) is 0 Å². The number of nitrogens with zero attached hydrogens (tertiary/aromatic N) is 3. The van der Waals surface area contributed by atoms with Crippen LogP contribution in [0.5, 0.6) is 0 Å². The fourth-order valence-electron chi connectivity index (χ4n) is 2.94. The molecule has 1 aliphatic carbocycles. The maximum atomic E-state index is 4.54. The number of hydrogen-bond donors (Lipinski definition) is 1. The van der Waals surface area contributed by atoms with Crippen LogP contribution >= 0.6 is 0 Å². The van der Waals surface area contributed by atoms with Gasteiger partial charge >= 0.3 is 0 Å². The highest BCUT2D eigenvalue weighted by atomic mass is 15.2. The zero-order valence-corrected chi connectivity index (χ0v) is 12.1. The van der Waals surface area contributed by atoms with Gasteiger partial charge in [-0.15, -0.1) is 0 Å². The summed E-state index contributed by atoms with van der Waals surface area (Å²) in [6.45, 7) is 0. The molecule has 1 aromatic heterocycles. The molecule has 1 N–H and O–H groups in total. The minimum atomic E-state index is 0.350. The Morgan fingerprint density at radius 1 is 0.818 bits per heavy atom. The highest BCUT2D eigenvalue weighted by molar-refractivity contribution is 5.55. The lowest BCUT2D eigenvalue weighted by Crippen LogP contribution is -2.21. The zero-order chi connectivity index (χ0) is 14.8. The minimum absolute atomic E-state index is 0.350. The summed E-state index contributed by atoms with van der Waals surface area (Å²) in [5, 5.41) is 3.44. The number of rotatable bonds is 3. The Labute approximate surface area is 129 Å². The van der Waals surface area contributed by atoms with Crippen molar-refractivity contribution in [3.8, 4) is 11.4 Å². The summed E-state index contributed by atoms with van der Waals surface area (Å²) in [5.41, 5.74) is 3.83. The van der Waals surface area contributed by atoms with Gasteiger partial charge < -0.3 is 5.32 Å². The van der Waals surface area contributed by atoms with E-state index in [9.17, 15) is 0 Å². The first kappa shape index (κ1) is 13.0. The van der Waals surface area contributed by atoms with Crippen molar-refractivity contribution < 1.29 is 0 Å². The fourth-order valence-corrected chi connectivity index (χ4v) is 2.94. The molecule has 0 amide bonds. The Morgan fingerprint density at radius 3 is 2.23 bits per heavy atom. The highest BCUT2D eigenvalue weighted by Gasteiger charge is 2.21. The second kappa shape index (κ2) is 5.56. The standard InChI is InChI=1S/C18H16N4/c1-2-6-13(7-3-1)17-19-12-20-18(22-17)21-16-10-14-8-4-5-9-15(14)11-16/h1-9,12,16H,10-11H2,(H,19,20,21,22). The first-order valence-corrected chi connectivity index (χ1v) is 7.46. The molecule has 0 saturated carbocycles. The summed E-state index contributed by atoms with van der Waals surface area (Å²) in [6, 6.07) is 18.9. The molecular weight excluding hydrogens is 272 g/mol. The van der Waals surface area contributed by atoms with E-state index in [0.717, 1.165) is 18.4 Å². The first-order chi connectivity index (χ1) is 10.9. The summed E-state index contributed by atoms with van der Waals surface area (Å²) in [7, 11) is 0. The number of aromatic nitrogens is 3. The van der Waals surface area contributed by atoms with Gasteiger partial charge in [0.2, 0.25) is 5.95 Å². The van der Waals surface area contributed by atoms with Gasteiger partial charge in [0.15, 0.2) is 5.82 Å². The molecule has 0 unspecified atom stereocenters.